The van der Waals surface area contributed by atoms with Crippen LogP contribution in [-0.2, 0) is 45.5 Å². The van der Waals surface area contributed by atoms with Crippen LogP contribution in [0, 0.1) is 0 Å². The van der Waals surface area contributed by atoms with Gasteiger partial charge in [-0.2, -0.15) is 4.31 Å². The fraction of sp³-hybridized carbons (Fsp3) is 0.429. The molecular formula is C7H13N2O11P3S2. The van der Waals surface area contributed by atoms with Crippen LogP contribution in [0.1, 0.15) is 0 Å². The maximum absolute atomic E-state index is 11.4. The first kappa shape index (κ1) is 22.9. The van der Waals surface area contributed by atoms with Gasteiger partial charge >= 0.3 is 21.3 Å². The van der Waals surface area contributed by atoms with Crippen molar-refractivity contribution in [2.45, 2.75) is 6.73 Å². The molecule has 0 aliphatic rings. The lowest BCUT2D eigenvalue weighted by Crippen LogP contribution is -2.29. The Balaban J connectivity index is 2.43. The van der Waals surface area contributed by atoms with E-state index >= 15 is 0 Å². The van der Waals surface area contributed by atoms with E-state index in [1.807, 2.05) is 4.98 Å². The van der Waals surface area contributed by atoms with Crippen molar-refractivity contribution in [2.24, 2.45) is 0 Å². The second kappa shape index (κ2) is 9.18. The van der Waals surface area contributed by atoms with Gasteiger partial charge in [0.05, 0.1) is 13.2 Å². The average Bonchev–Trinajstić information content (AvgIpc) is 2.36. The van der Waals surface area contributed by atoms with E-state index in [1.165, 1.54) is 6.20 Å². The molecule has 1 rings (SSSR count). The summed E-state index contributed by atoms with van der Waals surface area (Å²) in [5.74, 6) is 0. The number of H-pyrrole nitrogens is 1. The van der Waals surface area contributed by atoms with E-state index in [0.29, 0.717) is 0 Å². The Morgan fingerprint density at radius 3 is 2.40 bits per heavy atom. The van der Waals surface area contributed by atoms with E-state index in [9.17, 15) is 18.7 Å². The number of phosphoric acid groups is 2. The summed E-state index contributed by atoms with van der Waals surface area (Å²) in [4.78, 5) is 50.3. The Morgan fingerprint density at radius 2 is 1.84 bits per heavy atom. The summed E-state index contributed by atoms with van der Waals surface area (Å²) < 4.78 is 40.7. The summed E-state index contributed by atoms with van der Waals surface area (Å²) in [7, 11) is -10.5. The molecule has 25 heavy (non-hydrogen) atoms. The molecule has 2 atom stereocenters. The Kier molecular flexibility index (Phi) is 8.41. The van der Waals surface area contributed by atoms with Crippen LogP contribution in [0.15, 0.2) is 21.9 Å². The topological polar surface area (TPSA) is 187 Å². The smallest absolute Gasteiger partial charge is 0.358 e. The summed E-state index contributed by atoms with van der Waals surface area (Å²) in [6.45, 7) is -0.660. The van der Waals surface area contributed by atoms with Gasteiger partial charge in [0.15, 0.2) is 0 Å². The molecule has 2 unspecified atom stereocenters. The molecule has 18 heteroatoms. The van der Waals surface area contributed by atoms with Crippen molar-refractivity contribution in [3.8, 4) is 0 Å². The third kappa shape index (κ3) is 9.94. The number of hydrogen-bond acceptors (Lipinski definition) is 9. The van der Waals surface area contributed by atoms with Crippen LogP contribution in [0.4, 0.5) is 0 Å². The van der Waals surface area contributed by atoms with Crippen LogP contribution in [0.2, 0.25) is 0 Å². The molecule has 0 aliphatic heterocycles. The number of aromatic amines is 1. The average molecular weight is 458 g/mol. The predicted molar refractivity (Wildman–Crippen MR) is 90.5 cm³/mol. The molecule has 0 fully saturated rings. The lowest BCUT2D eigenvalue weighted by atomic mass is 10.6. The Hall–Kier alpha value is -0.140. The highest BCUT2D eigenvalue weighted by molar-refractivity contribution is 8.60. The summed E-state index contributed by atoms with van der Waals surface area (Å²) >= 11 is 8.37. The number of aromatic nitrogens is 2. The van der Waals surface area contributed by atoms with E-state index < -0.39 is 32.6 Å². The van der Waals surface area contributed by atoms with Crippen LogP contribution < -0.4 is 11.2 Å². The number of nitrogens with zero attached hydrogens (tertiary/aromatic N) is 1. The number of ether oxygens (including phenoxy) is 1. The lowest BCUT2D eigenvalue weighted by Gasteiger charge is -2.19. The van der Waals surface area contributed by atoms with Crippen LogP contribution in [0.5, 0.6) is 0 Å². The second-order valence-electron chi connectivity index (χ2n) is 4.04. The van der Waals surface area contributed by atoms with Crippen molar-refractivity contribution in [3.05, 3.63) is 33.1 Å². The van der Waals surface area contributed by atoms with Crippen LogP contribution >= 0.6 is 33.6 Å². The maximum atomic E-state index is 11.4. The highest BCUT2D eigenvalue weighted by Crippen LogP contribution is 2.69. The zero-order valence-corrected chi connectivity index (χ0v) is 16.4. The minimum absolute atomic E-state index is 0.150. The van der Waals surface area contributed by atoms with Crippen molar-refractivity contribution in [2.75, 3.05) is 13.2 Å². The van der Waals surface area contributed by atoms with Crippen LogP contribution in [0.25, 0.3) is 0 Å². The van der Waals surface area contributed by atoms with Gasteiger partial charge in [0.2, 0.25) is 0 Å². The molecule has 0 aliphatic carbocycles. The van der Waals surface area contributed by atoms with Crippen molar-refractivity contribution in [3.63, 3.8) is 0 Å². The molecule has 144 valence electrons. The first-order valence-electron chi connectivity index (χ1n) is 5.95. The van der Waals surface area contributed by atoms with Gasteiger partial charge in [-0.25, -0.2) is 18.2 Å². The van der Waals surface area contributed by atoms with Crippen molar-refractivity contribution in [1.29, 1.82) is 0 Å². The monoisotopic (exact) mass is 458 g/mol. The largest absolute Gasteiger partial charge is 0.487 e. The summed E-state index contributed by atoms with van der Waals surface area (Å²) in [6, 6.07) is 1.11. The molecule has 0 spiro atoms. The third-order valence-corrected chi connectivity index (χ3v) is 7.78. The normalized spacial score (nSPS) is 17.0. The SMILES string of the molecule is O=c1ccn(COCCOP(=S)(S)OP(=O)(O)OP(=O)(O)O)c(=O)[nH]1. The van der Waals surface area contributed by atoms with Gasteiger partial charge in [0.25, 0.3) is 11.3 Å². The minimum atomic E-state index is -5.29. The van der Waals surface area contributed by atoms with Crippen molar-refractivity contribution >= 4 is 45.4 Å². The van der Waals surface area contributed by atoms with Gasteiger partial charge in [-0.1, -0.05) is 12.2 Å². The number of hydrogen-bond donors (Lipinski definition) is 5. The molecule has 0 radical (unpaired) electrons. The highest BCUT2D eigenvalue weighted by atomic mass is 32.9. The Bertz CT molecular complexity index is 847. The minimum Gasteiger partial charge on any atom is -0.358 e. The maximum Gasteiger partial charge on any atom is 0.487 e. The summed E-state index contributed by atoms with van der Waals surface area (Å²) in [5, 5.41) is 0. The fourth-order valence-electron chi connectivity index (χ4n) is 1.22. The highest BCUT2D eigenvalue weighted by Gasteiger charge is 2.37. The Labute approximate surface area is 150 Å². The van der Waals surface area contributed by atoms with Gasteiger partial charge in [0.1, 0.15) is 6.73 Å². The quantitative estimate of drug-likeness (QED) is 0.178. The van der Waals surface area contributed by atoms with E-state index in [0.717, 1.165) is 10.6 Å². The molecule has 4 N–H and O–H groups in total. The molecule has 0 saturated heterocycles. The number of thiol groups is 1. The Morgan fingerprint density at radius 1 is 1.20 bits per heavy atom. The molecule has 13 nitrogen and oxygen atoms in total. The first-order chi connectivity index (χ1) is 11.3. The van der Waals surface area contributed by atoms with Crippen molar-refractivity contribution < 1.29 is 41.7 Å². The van der Waals surface area contributed by atoms with Gasteiger partial charge in [0, 0.05) is 12.3 Å². The predicted octanol–water partition coefficient (Wildman–Crippen LogP) is -0.0921. The molecule has 0 bridgehead atoms. The van der Waals surface area contributed by atoms with E-state index in [1.54, 1.807) is 0 Å². The molecule has 1 aromatic heterocycles. The van der Waals surface area contributed by atoms with Gasteiger partial charge in [-0.15, -0.1) is 0 Å². The number of rotatable bonds is 10. The summed E-state index contributed by atoms with van der Waals surface area (Å²) in [6.07, 6.45) is 1.20. The molecular weight excluding hydrogens is 445 g/mol. The van der Waals surface area contributed by atoms with Gasteiger partial charge in [-0.3, -0.25) is 14.3 Å². The molecule has 0 aromatic carbocycles. The zero-order valence-electron chi connectivity index (χ0n) is 12.0. The second-order valence-corrected chi connectivity index (χ2v) is 12.3. The molecule has 0 amide bonds. The molecule has 0 saturated carbocycles. The van der Waals surface area contributed by atoms with E-state index in [4.69, 9.17) is 23.9 Å². The number of nitrogens with one attached hydrogen (secondary N) is 1. The van der Waals surface area contributed by atoms with Crippen LogP contribution in [-0.4, -0.2) is 37.4 Å². The molecule has 1 aromatic rings. The zero-order chi connectivity index (χ0) is 19.3. The van der Waals surface area contributed by atoms with Crippen molar-refractivity contribution in [1.82, 2.24) is 9.55 Å². The molecule has 1 heterocycles. The third-order valence-electron chi connectivity index (χ3n) is 2.03. The first-order valence-corrected chi connectivity index (χ1v) is 12.8. The summed E-state index contributed by atoms with van der Waals surface area (Å²) in [5.41, 5.74) is -4.93. The van der Waals surface area contributed by atoms with Gasteiger partial charge in [-0.05, 0) is 11.8 Å². The van der Waals surface area contributed by atoms with Crippen LogP contribution in [0.3, 0.4) is 0 Å². The van der Waals surface area contributed by atoms with E-state index in [2.05, 4.69) is 32.7 Å². The van der Waals surface area contributed by atoms with Gasteiger partial charge < -0.3 is 23.9 Å². The van der Waals surface area contributed by atoms with E-state index in [-0.39, 0.29) is 19.9 Å². The standard InChI is InChI=1S/C7H13N2O11P3S2/c10-6-1-2-9(7(11)8-6)5-17-3-4-18-23(24,25)20-22(15,16)19-21(12,13)14/h1-2H,3-5H2,(H,15,16)(H,24,25)(H,8,10,11)(H2,12,13,14). The fourth-order valence-corrected chi connectivity index (χ4v) is 6.28. The lowest BCUT2D eigenvalue weighted by molar-refractivity contribution is 0.0521.